The lowest BCUT2D eigenvalue weighted by atomic mass is 10.1. The van der Waals surface area contributed by atoms with E-state index in [0.29, 0.717) is 17.9 Å². The molecule has 2 unspecified atom stereocenters. The second-order valence-electron chi connectivity index (χ2n) is 7.04. The number of rotatable bonds is 8. The van der Waals surface area contributed by atoms with Crippen molar-refractivity contribution in [1.82, 2.24) is 4.90 Å². The minimum atomic E-state index is -0.499. The third-order valence-electron chi connectivity index (χ3n) is 4.30. The Morgan fingerprint density at radius 1 is 1.27 bits per heavy atom. The van der Waals surface area contributed by atoms with Crippen LogP contribution in [-0.2, 0) is 9.53 Å². The molecule has 1 aliphatic rings. The maximum Gasteiger partial charge on any atom is 0.329 e. The summed E-state index contributed by atoms with van der Waals surface area (Å²) in [5.74, 6) is 0.518. The van der Waals surface area contributed by atoms with E-state index in [-0.39, 0.29) is 23.2 Å². The number of carbonyl (C=O) groups is 2. The third kappa shape index (κ3) is 5.74. The number of halogens is 1. The molecule has 0 saturated carbocycles. The molecule has 144 valence electrons. The fourth-order valence-corrected chi connectivity index (χ4v) is 4.60. The zero-order valence-electron chi connectivity index (χ0n) is 15.7. The number of benzene rings is 1. The summed E-state index contributed by atoms with van der Waals surface area (Å²) in [6.45, 7) is 6.57. The summed E-state index contributed by atoms with van der Waals surface area (Å²) in [5.41, 5.74) is 0.609. The summed E-state index contributed by atoms with van der Waals surface area (Å²) in [5, 5.41) is 0.0364. The van der Waals surface area contributed by atoms with Gasteiger partial charge >= 0.3 is 5.97 Å². The van der Waals surface area contributed by atoms with Crippen LogP contribution >= 0.6 is 27.7 Å². The van der Waals surface area contributed by atoms with Crippen molar-refractivity contribution in [3.8, 4) is 0 Å². The van der Waals surface area contributed by atoms with Crippen molar-refractivity contribution < 1.29 is 14.3 Å². The van der Waals surface area contributed by atoms with Crippen molar-refractivity contribution in [1.29, 1.82) is 0 Å². The third-order valence-corrected chi connectivity index (χ3v) is 6.19. The Kier molecular flexibility index (Phi) is 8.48. The van der Waals surface area contributed by atoms with Crippen LogP contribution in [-0.4, -0.2) is 40.6 Å². The molecular formula is C20H28BrNO3S. The Balaban J connectivity index is 2.17. The Hall–Kier alpha value is -1.01. The molecule has 0 bridgehead atoms. The number of amides is 1. The van der Waals surface area contributed by atoms with Gasteiger partial charge in [-0.15, -0.1) is 11.8 Å². The van der Waals surface area contributed by atoms with Crippen LogP contribution in [0.1, 0.15) is 56.8 Å². The van der Waals surface area contributed by atoms with E-state index < -0.39 is 6.04 Å². The lowest BCUT2D eigenvalue weighted by Gasteiger charge is -2.28. The standard InChI is InChI=1S/C20H28BrNO3S/c1-4-5-6-7-18-22(19(23)15-8-10-16(21)11-9-15)17(13-26-18)20(24)25-12-14(2)3/h8-11,14,17-18H,4-7,12-13H2,1-3H3. The molecular weight excluding hydrogens is 414 g/mol. The highest BCUT2D eigenvalue weighted by atomic mass is 79.9. The number of ether oxygens (including phenoxy) is 1. The van der Waals surface area contributed by atoms with Crippen LogP contribution in [0.3, 0.4) is 0 Å². The molecule has 1 aliphatic heterocycles. The van der Waals surface area contributed by atoms with E-state index in [1.54, 1.807) is 28.8 Å². The average Bonchev–Trinajstić information content (AvgIpc) is 3.04. The lowest BCUT2D eigenvalue weighted by molar-refractivity contribution is -0.149. The van der Waals surface area contributed by atoms with E-state index >= 15 is 0 Å². The summed E-state index contributed by atoms with van der Waals surface area (Å²) in [4.78, 5) is 27.5. The van der Waals surface area contributed by atoms with Gasteiger partial charge in [0, 0.05) is 15.8 Å². The van der Waals surface area contributed by atoms with E-state index in [1.165, 1.54) is 0 Å². The molecule has 0 spiro atoms. The monoisotopic (exact) mass is 441 g/mol. The number of carbonyl (C=O) groups excluding carboxylic acids is 2. The molecule has 1 amide bonds. The SMILES string of the molecule is CCCCCC1SCC(C(=O)OCC(C)C)N1C(=O)c1ccc(Br)cc1. The van der Waals surface area contributed by atoms with Gasteiger partial charge in [0.1, 0.15) is 6.04 Å². The molecule has 0 N–H and O–H groups in total. The zero-order valence-corrected chi connectivity index (χ0v) is 18.1. The van der Waals surface area contributed by atoms with Crippen LogP contribution in [0.4, 0.5) is 0 Å². The summed E-state index contributed by atoms with van der Waals surface area (Å²) in [6.07, 6.45) is 4.25. The van der Waals surface area contributed by atoms with Crippen LogP contribution in [0, 0.1) is 5.92 Å². The number of hydrogen-bond acceptors (Lipinski definition) is 4. The topological polar surface area (TPSA) is 46.6 Å². The molecule has 2 atom stereocenters. The van der Waals surface area contributed by atoms with Crippen LogP contribution in [0.5, 0.6) is 0 Å². The van der Waals surface area contributed by atoms with Gasteiger partial charge in [-0.3, -0.25) is 4.79 Å². The second-order valence-corrected chi connectivity index (χ2v) is 9.17. The highest BCUT2D eigenvalue weighted by Crippen LogP contribution is 2.34. The van der Waals surface area contributed by atoms with Gasteiger partial charge in [0.25, 0.3) is 5.91 Å². The van der Waals surface area contributed by atoms with E-state index in [4.69, 9.17) is 4.74 Å². The highest BCUT2D eigenvalue weighted by molar-refractivity contribution is 9.10. The maximum atomic E-state index is 13.1. The number of unbranched alkanes of at least 4 members (excludes halogenated alkanes) is 2. The van der Waals surface area contributed by atoms with Gasteiger partial charge in [-0.25, -0.2) is 4.79 Å². The first-order chi connectivity index (χ1) is 12.4. The van der Waals surface area contributed by atoms with E-state index in [2.05, 4.69) is 22.9 Å². The number of esters is 1. The van der Waals surface area contributed by atoms with Gasteiger partial charge in [-0.2, -0.15) is 0 Å². The Labute approximate surface area is 169 Å². The molecule has 0 aromatic heterocycles. The normalized spacial score (nSPS) is 19.8. The molecule has 1 aromatic rings. The van der Waals surface area contributed by atoms with E-state index in [9.17, 15) is 9.59 Å². The molecule has 0 radical (unpaired) electrons. The van der Waals surface area contributed by atoms with Crippen LogP contribution < -0.4 is 0 Å². The molecule has 1 fully saturated rings. The maximum absolute atomic E-state index is 13.1. The molecule has 1 heterocycles. The smallest absolute Gasteiger partial charge is 0.329 e. The Bertz CT molecular complexity index is 606. The molecule has 1 saturated heterocycles. The first kappa shape index (κ1) is 21.3. The fraction of sp³-hybridized carbons (Fsp3) is 0.600. The molecule has 2 rings (SSSR count). The average molecular weight is 442 g/mol. The van der Waals surface area contributed by atoms with E-state index in [0.717, 1.165) is 30.2 Å². The first-order valence-electron chi connectivity index (χ1n) is 9.30. The number of nitrogens with zero attached hydrogens (tertiary/aromatic N) is 1. The van der Waals surface area contributed by atoms with Crippen LogP contribution in [0.2, 0.25) is 0 Å². The van der Waals surface area contributed by atoms with Crippen molar-refractivity contribution in [2.24, 2.45) is 5.92 Å². The largest absolute Gasteiger partial charge is 0.464 e. The van der Waals surface area contributed by atoms with Gasteiger partial charge in [0.15, 0.2) is 0 Å². The predicted octanol–water partition coefficient (Wildman–Crippen LogP) is 5.11. The molecule has 1 aromatic carbocycles. The Morgan fingerprint density at radius 2 is 1.96 bits per heavy atom. The van der Waals surface area contributed by atoms with Gasteiger partial charge < -0.3 is 9.64 Å². The Morgan fingerprint density at radius 3 is 2.58 bits per heavy atom. The molecule has 4 nitrogen and oxygen atoms in total. The van der Waals surface area contributed by atoms with E-state index in [1.807, 2.05) is 26.0 Å². The van der Waals surface area contributed by atoms with Crippen LogP contribution in [0.25, 0.3) is 0 Å². The van der Waals surface area contributed by atoms with Crippen molar-refractivity contribution in [3.63, 3.8) is 0 Å². The van der Waals surface area contributed by atoms with Gasteiger partial charge in [0.05, 0.1) is 12.0 Å². The first-order valence-corrected chi connectivity index (χ1v) is 11.1. The van der Waals surface area contributed by atoms with Gasteiger partial charge in [0.2, 0.25) is 0 Å². The van der Waals surface area contributed by atoms with Crippen LogP contribution in [0.15, 0.2) is 28.7 Å². The predicted molar refractivity (Wildman–Crippen MR) is 110 cm³/mol. The number of thioether (sulfide) groups is 1. The van der Waals surface area contributed by atoms with Gasteiger partial charge in [-0.05, 0) is 36.6 Å². The molecule has 26 heavy (non-hydrogen) atoms. The highest BCUT2D eigenvalue weighted by Gasteiger charge is 2.42. The summed E-state index contributed by atoms with van der Waals surface area (Å²) in [6, 6.07) is 6.81. The lowest BCUT2D eigenvalue weighted by Crippen LogP contribution is -2.46. The fourth-order valence-electron chi connectivity index (χ4n) is 2.90. The molecule has 0 aliphatic carbocycles. The van der Waals surface area contributed by atoms with Gasteiger partial charge in [-0.1, -0.05) is 56.0 Å². The zero-order chi connectivity index (χ0) is 19.1. The quantitative estimate of drug-likeness (QED) is 0.415. The molecule has 6 heteroatoms. The minimum Gasteiger partial charge on any atom is -0.464 e. The second kappa shape index (κ2) is 10.4. The number of hydrogen-bond donors (Lipinski definition) is 0. The van der Waals surface area contributed by atoms with Crippen molar-refractivity contribution in [3.05, 3.63) is 34.3 Å². The summed E-state index contributed by atoms with van der Waals surface area (Å²) < 4.78 is 6.37. The summed E-state index contributed by atoms with van der Waals surface area (Å²) in [7, 11) is 0. The van der Waals surface area contributed by atoms with Crippen molar-refractivity contribution in [2.75, 3.05) is 12.4 Å². The van der Waals surface area contributed by atoms with Crippen molar-refractivity contribution >= 4 is 39.6 Å². The van der Waals surface area contributed by atoms with Crippen molar-refractivity contribution in [2.45, 2.75) is 57.9 Å². The summed E-state index contributed by atoms with van der Waals surface area (Å²) >= 11 is 5.09. The minimum absolute atomic E-state index is 0.0364.